The number of carbonyl (C=O) groups excluding carboxylic acids is 1. The van der Waals surface area contributed by atoms with Crippen LogP contribution in [0.2, 0.25) is 0 Å². The SMILES string of the molecule is COc1cc(C(=O)OCC2(N(C)C)CCCc3occc32)cc(OC)c1OC.O=C(O)C=CC(=O)O. The number of fused-ring (bicyclic) bond motifs is 1. The zero-order valence-electron chi connectivity index (χ0n) is 20.9. The molecule has 11 nitrogen and oxygen atoms in total. The number of furan rings is 1. The highest BCUT2D eigenvalue weighted by Crippen LogP contribution is 2.41. The Morgan fingerprint density at radius 3 is 2.08 bits per heavy atom. The fourth-order valence-corrected chi connectivity index (χ4v) is 3.98. The van der Waals surface area contributed by atoms with Gasteiger partial charge in [-0.15, -0.1) is 0 Å². The van der Waals surface area contributed by atoms with Gasteiger partial charge < -0.3 is 33.6 Å². The Kier molecular flexibility index (Phi) is 9.92. The summed E-state index contributed by atoms with van der Waals surface area (Å²) in [6, 6.07) is 5.16. The lowest BCUT2D eigenvalue weighted by Gasteiger charge is -2.41. The van der Waals surface area contributed by atoms with E-state index in [1.807, 2.05) is 20.2 Å². The first-order valence-electron chi connectivity index (χ1n) is 10.9. The third-order valence-electron chi connectivity index (χ3n) is 5.81. The Hall–Kier alpha value is -3.99. The number of hydrogen-bond donors (Lipinski definition) is 2. The fourth-order valence-electron chi connectivity index (χ4n) is 3.98. The number of esters is 1. The monoisotopic (exact) mass is 505 g/mol. The summed E-state index contributed by atoms with van der Waals surface area (Å²) in [5.74, 6) is -0.752. The van der Waals surface area contributed by atoms with E-state index in [1.165, 1.54) is 21.3 Å². The van der Waals surface area contributed by atoms with Crippen LogP contribution in [-0.4, -0.2) is 75.1 Å². The molecule has 196 valence electrons. The zero-order chi connectivity index (χ0) is 26.9. The molecular formula is C25H31NO10. The van der Waals surface area contributed by atoms with Crippen LogP contribution in [0.25, 0.3) is 0 Å². The number of carboxylic acids is 2. The van der Waals surface area contributed by atoms with Gasteiger partial charge in [0.2, 0.25) is 5.75 Å². The summed E-state index contributed by atoms with van der Waals surface area (Å²) in [5.41, 5.74) is 1.02. The second-order valence-corrected chi connectivity index (χ2v) is 8.04. The van der Waals surface area contributed by atoms with Crippen molar-refractivity contribution in [1.82, 2.24) is 4.90 Å². The zero-order valence-corrected chi connectivity index (χ0v) is 20.9. The van der Waals surface area contributed by atoms with Crippen LogP contribution in [-0.2, 0) is 26.3 Å². The maximum Gasteiger partial charge on any atom is 0.338 e. The molecule has 11 heteroatoms. The van der Waals surface area contributed by atoms with Crippen molar-refractivity contribution in [2.75, 3.05) is 42.0 Å². The Bertz CT molecular complexity index is 1060. The fraction of sp³-hybridized carbons (Fsp3) is 0.400. The van der Waals surface area contributed by atoms with Gasteiger partial charge in [0.05, 0.1) is 38.7 Å². The van der Waals surface area contributed by atoms with E-state index < -0.39 is 23.4 Å². The van der Waals surface area contributed by atoms with Gasteiger partial charge in [0.1, 0.15) is 12.4 Å². The molecule has 1 aromatic carbocycles. The summed E-state index contributed by atoms with van der Waals surface area (Å²) in [5, 5.41) is 15.6. The molecule has 1 aliphatic carbocycles. The summed E-state index contributed by atoms with van der Waals surface area (Å²) in [6.07, 6.45) is 5.58. The van der Waals surface area contributed by atoms with E-state index in [0.29, 0.717) is 35.0 Å². The normalized spacial score (nSPS) is 16.5. The number of carboxylic acid groups (broad SMARTS) is 2. The van der Waals surface area contributed by atoms with Gasteiger partial charge in [-0.1, -0.05) is 0 Å². The van der Waals surface area contributed by atoms with Crippen LogP contribution < -0.4 is 14.2 Å². The molecule has 36 heavy (non-hydrogen) atoms. The Balaban J connectivity index is 0.000000493. The maximum absolute atomic E-state index is 12.8. The van der Waals surface area contributed by atoms with Gasteiger partial charge >= 0.3 is 17.9 Å². The van der Waals surface area contributed by atoms with Crippen molar-refractivity contribution in [2.24, 2.45) is 0 Å². The van der Waals surface area contributed by atoms with Crippen LogP contribution >= 0.6 is 0 Å². The number of aryl methyl sites for hydroxylation is 1. The highest BCUT2D eigenvalue weighted by atomic mass is 16.5. The molecule has 0 fully saturated rings. The Labute approximate surface area is 208 Å². The quantitative estimate of drug-likeness (QED) is 0.383. The van der Waals surface area contributed by atoms with E-state index in [0.717, 1.165) is 30.6 Å². The number of rotatable bonds is 9. The van der Waals surface area contributed by atoms with Gasteiger partial charge in [-0.05, 0) is 45.1 Å². The molecule has 0 radical (unpaired) electrons. The molecule has 1 atom stereocenters. The molecule has 2 N–H and O–H groups in total. The highest BCUT2D eigenvalue weighted by Gasteiger charge is 2.41. The van der Waals surface area contributed by atoms with Crippen molar-refractivity contribution in [3.8, 4) is 17.2 Å². The average molecular weight is 506 g/mol. The average Bonchev–Trinajstić information content (AvgIpc) is 3.35. The van der Waals surface area contributed by atoms with Gasteiger partial charge in [0.15, 0.2) is 11.5 Å². The van der Waals surface area contributed by atoms with Crippen LogP contribution in [0.5, 0.6) is 17.2 Å². The van der Waals surface area contributed by atoms with Crippen molar-refractivity contribution in [2.45, 2.75) is 24.8 Å². The van der Waals surface area contributed by atoms with Crippen LogP contribution in [0, 0.1) is 0 Å². The lowest BCUT2D eigenvalue weighted by molar-refractivity contribution is -0.134. The minimum atomic E-state index is -1.26. The van der Waals surface area contributed by atoms with Gasteiger partial charge in [0, 0.05) is 24.1 Å². The first-order valence-corrected chi connectivity index (χ1v) is 10.9. The number of methoxy groups -OCH3 is 3. The van der Waals surface area contributed by atoms with Crippen molar-refractivity contribution in [3.05, 3.63) is 53.5 Å². The largest absolute Gasteiger partial charge is 0.493 e. The molecule has 1 aromatic heterocycles. The van der Waals surface area contributed by atoms with Crippen molar-refractivity contribution >= 4 is 17.9 Å². The number of aliphatic carboxylic acids is 2. The summed E-state index contributed by atoms with van der Waals surface area (Å²) in [7, 11) is 8.53. The van der Waals surface area contributed by atoms with E-state index in [-0.39, 0.29) is 6.61 Å². The lowest BCUT2D eigenvalue weighted by atomic mass is 9.79. The molecule has 0 saturated carbocycles. The van der Waals surface area contributed by atoms with Crippen LogP contribution in [0.1, 0.15) is 34.5 Å². The number of benzene rings is 1. The number of hydrogen-bond acceptors (Lipinski definition) is 9. The van der Waals surface area contributed by atoms with Gasteiger partial charge in [0.25, 0.3) is 0 Å². The van der Waals surface area contributed by atoms with E-state index in [9.17, 15) is 14.4 Å². The first kappa shape index (κ1) is 28.2. The topological polar surface area (TPSA) is 145 Å². The minimum absolute atomic E-state index is 0.224. The van der Waals surface area contributed by atoms with Crippen molar-refractivity contribution in [3.63, 3.8) is 0 Å². The van der Waals surface area contributed by atoms with Crippen LogP contribution in [0.15, 0.2) is 41.0 Å². The lowest BCUT2D eigenvalue weighted by Crippen LogP contribution is -2.47. The summed E-state index contributed by atoms with van der Waals surface area (Å²) in [6.45, 7) is 0.224. The van der Waals surface area contributed by atoms with Crippen molar-refractivity contribution in [1.29, 1.82) is 0 Å². The van der Waals surface area contributed by atoms with E-state index >= 15 is 0 Å². The number of ether oxygens (including phenoxy) is 4. The van der Waals surface area contributed by atoms with E-state index in [4.69, 9.17) is 33.6 Å². The second kappa shape index (κ2) is 12.6. The number of likely N-dealkylation sites (N-methyl/N-ethyl adjacent to an activating group) is 1. The molecule has 1 aliphatic rings. The van der Waals surface area contributed by atoms with Gasteiger partial charge in [-0.2, -0.15) is 0 Å². The molecule has 3 rings (SSSR count). The second-order valence-electron chi connectivity index (χ2n) is 8.04. The summed E-state index contributed by atoms with van der Waals surface area (Å²) < 4.78 is 27.3. The smallest absolute Gasteiger partial charge is 0.338 e. The molecule has 0 saturated heterocycles. The number of carbonyl (C=O) groups is 3. The predicted molar refractivity (Wildman–Crippen MR) is 128 cm³/mol. The Morgan fingerprint density at radius 2 is 1.61 bits per heavy atom. The van der Waals surface area contributed by atoms with E-state index in [2.05, 4.69) is 4.90 Å². The molecule has 1 heterocycles. The third kappa shape index (κ3) is 6.57. The molecule has 0 aliphatic heterocycles. The molecule has 2 aromatic rings. The van der Waals surface area contributed by atoms with Crippen LogP contribution in [0.3, 0.4) is 0 Å². The maximum atomic E-state index is 12.8. The summed E-state index contributed by atoms with van der Waals surface area (Å²) in [4.78, 5) is 34.0. The highest BCUT2D eigenvalue weighted by molar-refractivity contribution is 5.91. The standard InChI is InChI=1S/C21H27NO6.C4H4O4/c1-22(2)21(9-6-7-16-15(21)8-10-27-16)13-28-20(23)14-11-17(24-3)19(26-5)18(12-14)25-4;5-3(6)1-2-4(7)8/h8,10-12H,6-7,9,13H2,1-5H3;1-2H,(H,5,6)(H,7,8). The molecule has 0 bridgehead atoms. The predicted octanol–water partition coefficient (Wildman–Crippen LogP) is 2.97. The number of nitrogens with zero attached hydrogens (tertiary/aromatic N) is 1. The molecule has 1 unspecified atom stereocenters. The summed E-state index contributed by atoms with van der Waals surface area (Å²) >= 11 is 0. The third-order valence-corrected chi connectivity index (χ3v) is 5.81. The molecule has 0 spiro atoms. The van der Waals surface area contributed by atoms with Crippen LogP contribution in [0.4, 0.5) is 0 Å². The van der Waals surface area contributed by atoms with E-state index in [1.54, 1.807) is 18.4 Å². The first-order chi connectivity index (χ1) is 17.1. The van der Waals surface area contributed by atoms with Gasteiger partial charge in [-0.25, -0.2) is 14.4 Å². The van der Waals surface area contributed by atoms with Crippen molar-refractivity contribution < 1.29 is 48.0 Å². The van der Waals surface area contributed by atoms with Gasteiger partial charge in [-0.3, -0.25) is 4.90 Å². The molecule has 0 amide bonds. The Morgan fingerprint density at radius 1 is 1.03 bits per heavy atom. The molecular weight excluding hydrogens is 474 g/mol. The minimum Gasteiger partial charge on any atom is -0.493 e.